The molecule has 1 aromatic carbocycles. The Kier molecular flexibility index (Phi) is 4.05. The Morgan fingerprint density at radius 3 is 2.52 bits per heavy atom. The zero-order valence-corrected chi connectivity index (χ0v) is 12.5. The highest BCUT2D eigenvalue weighted by molar-refractivity contribution is 7.89. The number of rotatable bonds is 5. The molecule has 0 spiro atoms. The van der Waals surface area contributed by atoms with Gasteiger partial charge in [-0.25, -0.2) is 8.42 Å². The molecule has 6 nitrogen and oxygen atoms in total. The molecular formula is C14H19NO5S. The van der Waals surface area contributed by atoms with Crippen molar-refractivity contribution < 1.29 is 23.0 Å². The Labute approximate surface area is 124 Å². The first-order chi connectivity index (χ1) is 10.1. The number of ether oxygens (including phenoxy) is 2. The van der Waals surface area contributed by atoms with Crippen molar-refractivity contribution in [2.24, 2.45) is 0 Å². The normalized spacial score (nSPS) is 18.6. The van der Waals surface area contributed by atoms with Gasteiger partial charge in [-0.15, -0.1) is 0 Å². The fourth-order valence-corrected chi connectivity index (χ4v) is 4.28. The summed E-state index contributed by atoms with van der Waals surface area (Å²) < 4.78 is 37.8. The lowest BCUT2D eigenvalue weighted by Crippen LogP contribution is -2.45. The molecule has 1 fully saturated rings. The van der Waals surface area contributed by atoms with Crippen LogP contribution in [0.5, 0.6) is 11.5 Å². The van der Waals surface area contributed by atoms with E-state index in [-0.39, 0.29) is 24.1 Å². The molecule has 116 valence electrons. The lowest BCUT2D eigenvalue weighted by molar-refractivity contribution is 0.170. The van der Waals surface area contributed by atoms with E-state index in [1.54, 1.807) is 6.07 Å². The monoisotopic (exact) mass is 313 g/mol. The molecule has 1 N–H and O–H groups in total. The molecule has 1 aromatic rings. The first-order valence-electron chi connectivity index (χ1n) is 7.15. The first-order valence-corrected chi connectivity index (χ1v) is 8.59. The summed E-state index contributed by atoms with van der Waals surface area (Å²) in [5, 5.41) is 9.16. The third-order valence-corrected chi connectivity index (χ3v) is 5.87. The molecule has 0 atom stereocenters. The molecule has 0 saturated heterocycles. The minimum absolute atomic E-state index is 0.00430. The summed E-state index contributed by atoms with van der Waals surface area (Å²) in [6.07, 6.45) is 2.73. The molecule has 1 aliphatic heterocycles. The summed E-state index contributed by atoms with van der Waals surface area (Å²) in [5.74, 6) is 1.03. The highest BCUT2D eigenvalue weighted by Crippen LogP contribution is 2.35. The number of hydrogen-bond acceptors (Lipinski definition) is 5. The average molecular weight is 313 g/mol. The Morgan fingerprint density at radius 2 is 1.90 bits per heavy atom. The van der Waals surface area contributed by atoms with Crippen LogP contribution in [0, 0.1) is 0 Å². The second-order valence-corrected chi connectivity index (χ2v) is 7.12. The van der Waals surface area contributed by atoms with Gasteiger partial charge < -0.3 is 14.6 Å². The Balaban J connectivity index is 1.92. The van der Waals surface area contributed by atoms with Crippen molar-refractivity contribution in [3.63, 3.8) is 0 Å². The maximum absolute atomic E-state index is 12.8. The minimum Gasteiger partial charge on any atom is -0.486 e. The lowest BCUT2D eigenvalue weighted by Gasteiger charge is -2.36. The number of sulfonamides is 1. The largest absolute Gasteiger partial charge is 0.486 e. The predicted octanol–water partition coefficient (Wildman–Crippen LogP) is 0.993. The molecule has 2 aliphatic rings. The molecule has 0 amide bonds. The van der Waals surface area contributed by atoms with Gasteiger partial charge in [0, 0.05) is 18.7 Å². The summed E-state index contributed by atoms with van der Waals surface area (Å²) in [5.41, 5.74) is 0. The molecule has 1 heterocycles. The highest BCUT2D eigenvalue weighted by atomic mass is 32.2. The molecule has 1 aliphatic carbocycles. The summed E-state index contributed by atoms with van der Waals surface area (Å²) >= 11 is 0. The van der Waals surface area contributed by atoms with Crippen LogP contribution in [0.15, 0.2) is 23.1 Å². The van der Waals surface area contributed by atoms with Gasteiger partial charge in [-0.1, -0.05) is 6.42 Å². The Morgan fingerprint density at radius 1 is 1.19 bits per heavy atom. The van der Waals surface area contributed by atoms with Crippen LogP contribution in [-0.2, 0) is 10.0 Å². The first kappa shape index (κ1) is 14.6. The topological polar surface area (TPSA) is 76.1 Å². The number of benzene rings is 1. The van der Waals surface area contributed by atoms with E-state index in [4.69, 9.17) is 14.6 Å². The molecule has 3 rings (SSSR count). The van der Waals surface area contributed by atoms with Gasteiger partial charge in [-0.05, 0) is 25.0 Å². The molecule has 0 bridgehead atoms. The molecule has 7 heteroatoms. The van der Waals surface area contributed by atoms with E-state index in [2.05, 4.69) is 0 Å². The molecule has 21 heavy (non-hydrogen) atoms. The van der Waals surface area contributed by atoms with Crippen molar-refractivity contribution in [2.45, 2.75) is 30.2 Å². The Bertz CT molecular complexity index is 612. The van der Waals surface area contributed by atoms with Crippen molar-refractivity contribution in [2.75, 3.05) is 26.4 Å². The second-order valence-electron chi connectivity index (χ2n) is 5.23. The Hall–Kier alpha value is -1.31. The zero-order chi connectivity index (χ0) is 14.9. The standard InChI is InChI=1S/C14H19NO5S/c16-7-6-15(11-2-1-3-11)21(17,18)12-4-5-13-14(10-12)20-9-8-19-13/h4-5,10-11,16H,1-3,6-9H2. The fourth-order valence-electron chi connectivity index (χ4n) is 2.59. The predicted molar refractivity (Wildman–Crippen MR) is 76.0 cm³/mol. The quantitative estimate of drug-likeness (QED) is 0.877. The molecule has 0 radical (unpaired) electrons. The fraction of sp³-hybridized carbons (Fsp3) is 0.571. The maximum Gasteiger partial charge on any atom is 0.243 e. The number of aliphatic hydroxyl groups is 1. The van der Waals surface area contributed by atoms with E-state index in [0.717, 1.165) is 19.3 Å². The second kappa shape index (κ2) is 5.82. The highest BCUT2D eigenvalue weighted by Gasteiger charge is 2.35. The van der Waals surface area contributed by atoms with E-state index in [1.165, 1.54) is 16.4 Å². The van der Waals surface area contributed by atoms with Crippen molar-refractivity contribution in [1.82, 2.24) is 4.31 Å². The SMILES string of the molecule is O=S(=O)(c1ccc2c(c1)OCCO2)N(CCO)C1CCC1. The molecular weight excluding hydrogens is 294 g/mol. The lowest BCUT2D eigenvalue weighted by atomic mass is 9.93. The van der Waals surface area contributed by atoms with E-state index in [1.807, 2.05) is 0 Å². The summed E-state index contributed by atoms with van der Waals surface area (Å²) in [6.45, 7) is 0.832. The molecule has 0 unspecified atom stereocenters. The van der Waals surface area contributed by atoms with Gasteiger partial charge in [0.2, 0.25) is 10.0 Å². The zero-order valence-electron chi connectivity index (χ0n) is 11.7. The summed E-state index contributed by atoms with van der Waals surface area (Å²) in [6, 6.07) is 4.66. The number of nitrogens with zero attached hydrogens (tertiary/aromatic N) is 1. The van der Waals surface area contributed by atoms with E-state index >= 15 is 0 Å². The van der Waals surface area contributed by atoms with Gasteiger partial charge in [0.15, 0.2) is 11.5 Å². The van der Waals surface area contributed by atoms with Crippen LogP contribution in [0.2, 0.25) is 0 Å². The average Bonchev–Trinajstić information content (AvgIpc) is 2.44. The van der Waals surface area contributed by atoms with E-state index in [0.29, 0.717) is 24.7 Å². The van der Waals surface area contributed by atoms with Gasteiger partial charge in [-0.2, -0.15) is 4.31 Å². The van der Waals surface area contributed by atoms with Crippen LogP contribution < -0.4 is 9.47 Å². The van der Waals surface area contributed by atoms with Gasteiger partial charge in [0.1, 0.15) is 13.2 Å². The van der Waals surface area contributed by atoms with Crippen LogP contribution in [0.25, 0.3) is 0 Å². The smallest absolute Gasteiger partial charge is 0.243 e. The number of hydrogen-bond donors (Lipinski definition) is 1. The van der Waals surface area contributed by atoms with Crippen molar-refractivity contribution >= 4 is 10.0 Å². The summed E-state index contributed by atoms with van der Waals surface area (Å²) in [4.78, 5) is 0.187. The van der Waals surface area contributed by atoms with E-state index < -0.39 is 10.0 Å². The van der Waals surface area contributed by atoms with Crippen LogP contribution in [0.1, 0.15) is 19.3 Å². The summed E-state index contributed by atoms with van der Waals surface area (Å²) in [7, 11) is -3.62. The van der Waals surface area contributed by atoms with Crippen LogP contribution in [-0.4, -0.2) is 50.2 Å². The van der Waals surface area contributed by atoms with Gasteiger partial charge >= 0.3 is 0 Å². The van der Waals surface area contributed by atoms with E-state index in [9.17, 15) is 8.42 Å². The molecule has 0 aromatic heterocycles. The third kappa shape index (κ3) is 2.73. The minimum atomic E-state index is -3.62. The van der Waals surface area contributed by atoms with Crippen LogP contribution in [0.3, 0.4) is 0 Å². The van der Waals surface area contributed by atoms with Crippen LogP contribution >= 0.6 is 0 Å². The third-order valence-electron chi connectivity index (χ3n) is 3.92. The van der Waals surface area contributed by atoms with Gasteiger partial charge in [0.25, 0.3) is 0 Å². The van der Waals surface area contributed by atoms with Crippen LogP contribution in [0.4, 0.5) is 0 Å². The number of aliphatic hydroxyl groups excluding tert-OH is 1. The molecule has 1 saturated carbocycles. The maximum atomic E-state index is 12.8. The number of fused-ring (bicyclic) bond motifs is 1. The van der Waals surface area contributed by atoms with Crippen molar-refractivity contribution in [1.29, 1.82) is 0 Å². The van der Waals surface area contributed by atoms with Crippen molar-refractivity contribution in [3.8, 4) is 11.5 Å². The van der Waals surface area contributed by atoms with Gasteiger partial charge in [-0.3, -0.25) is 0 Å². The van der Waals surface area contributed by atoms with Gasteiger partial charge in [0.05, 0.1) is 11.5 Å². The van der Waals surface area contributed by atoms with Crippen molar-refractivity contribution in [3.05, 3.63) is 18.2 Å².